The lowest BCUT2D eigenvalue weighted by Crippen LogP contribution is -1.85. The standard InChI is InChI=1S/C4H8.C2H6O2/c1-3-4-2;3-1-2-4/h3-4H,1-2H3;3-4H,1-2H2/b4-3+;. The molecule has 2 heteroatoms. The number of aliphatic hydroxyl groups is 2. The maximum Gasteiger partial charge on any atom is 0.0662 e. The fraction of sp³-hybridized carbons (Fsp3) is 0.667. The van der Waals surface area contributed by atoms with Gasteiger partial charge in [-0.15, -0.1) is 0 Å². The summed E-state index contributed by atoms with van der Waals surface area (Å²) in [6.45, 7) is 3.75. The third-order valence-electron chi connectivity index (χ3n) is 0.433. The maximum atomic E-state index is 7.62. The molecular formula is C6H14O2. The molecule has 0 aliphatic rings. The first-order chi connectivity index (χ1) is 3.83. The highest BCUT2D eigenvalue weighted by Crippen LogP contribution is 1.57. The van der Waals surface area contributed by atoms with Crippen molar-refractivity contribution in [1.29, 1.82) is 0 Å². The van der Waals surface area contributed by atoms with Crippen molar-refractivity contribution < 1.29 is 10.2 Å². The predicted octanol–water partition coefficient (Wildman–Crippen LogP) is 0.553. The lowest BCUT2D eigenvalue weighted by Gasteiger charge is -1.70. The Balaban J connectivity index is 0. The van der Waals surface area contributed by atoms with Gasteiger partial charge < -0.3 is 10.2 Å². The summed E-state index contributed by atoms with van der Waals surface area (Å²) >= 11 is 0. The van der Waals surface area contributed by atoms with Gasteiger partial charge in [-0.3, -0.25) is 0 Å². The fourth-order valence-electron chi connectivity index (χ4n) is 0. The average Bonchev–Trinajstić information content (AvgIpc) is 1.88. The molecule has 0 spiro atoms. The Morgan fingerprint density at radius 2 is 1.25 bits per heavy atom. The molecule has 0 heterocycles. The molecule has 2 N–H and O–H groups in total. The summed E-state index contributed by atoms with van der Waals surface area (Å²) in [5.74, 6) is 0. The van der Waals surface area contributed by atoms with Crippen LogP contribution < -0.4 is 0 Å². The van der Waals surface area contributed by atoms with Crippen molar-refractivity contribution in [2.75, 3.05) is 13.2 Å². The van der Waals surface area contributed by atoms with E-state index in [1.807, 2.05) is 26.0 Å². The van der Waals surface area contributed by atoms with Crippen LogP contribution in [0, 0.1) is 0 Å². The third-order valence-corrected chi connectivity index (χ3v) is 0.433. The van der Waals surface area contributed by atoms with Gasteiger partial charge in [0.05, 0.1) is 13.2 Å². The molecule has 0 aromatic carbocycles. The molecule has 0 saturated carbocycles. The minimum absolute atomic E-state index is 0.125. The second-order valence-electron chi connectivity index (χ2n) is 1.11. The molecular weight excluding hydrogens is 104 g/mol. The van der Waals surface area contributed by atoms with E-state index in [2.05, 4.69) is 0 Å². The summed E-state index contributed by atoms with van der Waals surface area (Å²) in [4.78, 5) is 0. The monoisotopic (exact) mass is 118 g/mol. The first-order valence-corrected chi connectivity index (χ1v) is 2.62. The highest BCUT2D eigenvalue weighted by atomic mass is 16.3. The Hall–Kier alpha value is -0.340. The molecule has 0 aliphatic heterocycles. The summed E-state index contributed by atoms with van der Waals surface area (Å²) in [6.07, 6.45) is 4.00. The SMILES string of the molecule is C/C=C/C.OCCO. The largest absolute Gasteiger partial charge is 0.394 e. The normalized spacial score (nSPS) is 8.50. The lowest BCUT2D eigenvalue weighted by atomic mass is 10.6. The molecule has 2 nitrogen and oxygen atoms in total. The van der Waals surface area contributed by atoms with Crippen LogP contribution in [0.25, 0.3) is 0 Å². The number of hydrogen-bond acceptors (Lipinski definition) is 2. The molecule has 0 amide bonds. The molecule has 50 valence electrons. The number of aliphatic hydroxyl groups excluding tert-OH is 2. The number of allylic oxidation sites excluding steroid dienone is 2. The number of hydrogen-bond donors (Lipinski definition) is 2. The smallest absolute Gasteiger partial charge is 0.0662 e. The molecule has 0 aromatic rings. The zero-order chi connectivity index (χ0) is 6.83. The van der Waals surface area contributed by atoms with Crippen molar-refractivity contribution in [3.63, 3.8) is 0 Å². The van der Waals surface area contributed by atoms with Crippen LogP contribution >= 0.6 is 0 Å². The summed E-state index contributed by atoms with van der Waals surface area (Å²) < 4.78 is 0. The van der Waals surface area contributed by atoms with Crippen molar-refractivity contribution in [2.24, 2.45) is 0 Å². The van der Waals surface area contributed by atoms with Gasteiger partial charge in [-0.2, -0.15) is 0 Å². The summed E-state index contributed by atoms with van der Waals surface area (Å²) in [5, 5.41) is 15.2. The quantitative estimate of drug-likeness (QED) is 0.494. The molecule has 0 rings (SSSR count). The van der Waals surface area contributed by atoms with E-state index >= 15 is 0 Å². The van der Waals surface area contributed by atoms with Crippen LogP contribution in [-0.4, -0.2) is 23.4 Å². The van der Waals surface area contributed by atoms with Gasteiger partial charge in [0.1, 0.15) is 0 Å². The lowest BCUT2D eigenvalue weighted by molar-refractivity contribution is 0.186. The average molecular weight is 118 g/mol. The molecule has 0 unspecified atom stereocenters. The van der Waals surface area contributed by atoms with E-state index in [0.717, 1.165) is 0 Å². The van der Waals surface area contributed by atoms with E-state index in [1.54, 1.807) is 0 Å². The molecule has 0 radical (unpaired) electrons. The summed E-state index contributed by atoms with van der Waals surface area (Å²) in [6, 6.07) is 0. The van der Waals surface area contributed by atoms with Gasteiger partial charge in [-0.25, -0.2) is 0 Å². The molecule has 0 saturated heterocycles. The zero-order valence-corrected chi connectivity index (χ0v) is 5.46. The highest BCUT2D eigenvalue weighted by molar-refractivity contribution is 4.68. The Kier molecular flexibility index (Phi) is 21.1. The van der Waals surface area contributed by atoms with Gasteiger partial charge in [0.25, 0.3) is 0 Å². The topological polar surface area (TPSA) is 40.5 Å². The number of rotatable bonds is 1. The van der Waals surface area contributed by atoms with Crippen LogP contribution in [0.5, 0.6) is 0 Å². The third kappa shape index (κ3) is 44.6. The van der Waals surface area contributed by atoms with E-state index in [-0.39, 0.29) is 13.2 Å². The van der Waals surface area contributed by atoms with Gasteiger partial charge in [0, 0.05) is 0 Å². The van der Waals surface area contributed by atoms with Crippen molar-refractivity contribution in [1.82, 2.24) is 0 Å². The van der Waals surface area contributed by atoms with E-state index < -0.39 is 0 Å². The van der Waals surface area contributed by atoms with Crippen LogP contribution in [0.2, 0.25) is 0 Å². The molecule has 0 aliphatic carbocycles. The molecule has 8 heavy (non-hydrogen) atoms. The second kappa shape index (κ2) is 15.9. The minimum atomic E-state index is -0.125. The van der Waals surface area contributed by atoms with E-state index in [4.69, 9.17) is 10.2 Å². The van der Waals surface area contributed by atoms with Gasteiger partial charge in [0.15, 0.2) is 0 Å². The Morgan fingerprint density at radius 1 is 1.00 bits per heavy atom. The predicted molar refractivity (Wildman–Crippen MR) is 34.7 cm³/mol. The van der Waals surface area contributed by atoms with Crippen LogP contribution in [0.4, 0.5) is 0 Å². The highest BCUT2D eigenvalue weighted by Gasteiger charge is 1.58. The molecule has 0 aromatic heterocycles. The first kappa shape index (κ1) is 10.6. The molecule has 0 bridgehead atoms. The molecule has 0 atom stereocenters. The summed E-state index contributed by atoms with van der Waals surface area (Å²) in [5.41, 5.74) is 0. The Bertz CT molecular complexity index is 35.8. The maximum absolute atomic E-state index is 7.62. The zero-order valence-electron chi connectivity index (χ0n) is 5.46. The van der Waals surface area contributed by atoms with Gasteiger partial charge in [-0.1, -0.05) is 12.2 Å². The van der Waals surface area contributed by atoms with Crippen molar-refractivity contribution in [2.45, 2.75) is 13.8 Å². The van der Waals surface area contributed by atoms with Crippen LogP contribution in [0.15, 0.2) is 12.2 Å². The van der Waals surface area contributed by atoms with Gasteiger partial charge in [0.2, 0.25) is 0 Å². The van der Waals surface area contributed by atoms with Crippen LogP contribution in [-0.2, 0) is 0 Å². The van der Waals surface area contributed by atoms with Gasteiger partial charge in [-0.05, 0) is 13.8 Å². The Morgan fingerprint density at radius 3 is 1.25 bits per heavy atom. The van der Waals surface area contributed by atoms with E-state index in [0.29, 0.717) is 0 Å². The fourth-order valence-corrected chi connectivity index (χ4v) is 0. The van der Waals surface area contributed by atoms with Crippen molar-refractivity contribution in [3.8, 4) is 0 Å². The Labute approximate surface area is 50.5 Å². The van der Waals surface area contributed by atoms with Gasteiger partial charge >= 0.3 is 0 Å². The van der Waals surface area contributed by atoms with E-state index in [1.165, 1.54) is 0 Å². The van der Waals surface area contributed by atoms with E-state index in [9.17, 15) is 0 Å². The van der Waals surface area contributed by atoms with Crippen molar-refractivity contribution >= 4 is 0 Å². The van der Waals surface area contributed by atoms with Crippen LogP contribution in [0.1, 0.15) is 13.8 Å². The second-order valence-corrected chi connectivity index (χ2v) is 1.11. The summed E-state index contributed by atoms with van der Waals surface area (Å²) in [7, 11) is 0. The first-order valence-electron chi connectivity index (χ1n) is 2.62. The molecule has 0 fully saturated rings. The van der Waals surface area contributed by atoms with Crippen LogP contribution in [0.3, 0.4) is 0 Å². The van der Waals surface area contributed by atoms with Crippen molar-refractivity contribution in [3.05, 3.63) is 12.2 Å². The minimum Gasteiger partial charge on any atom is -0.394 e.